The van der Waals surface area contributed by atoms with E-state index in [2.05, 4.69) is 4.98 Å². The molecule has 3 heterocycles. The second-order valence-electron chi connectivity index (χ2n) is 9.28. The maximum absolute atomic E-state index is 14.0. The first kappa shape index (κ1) is 24.0. The SMILES string of the molecule is O=C(O)N1CCN(C(=O)c2ncn(C3COCCC3O)c2-c2ccccc2)[C@H](Cc2ccccc2)C1. The number of amides is 2. The molecule has 0 spiro atoms. The van der Waals surface area contributed by atoms with E-state index in [1.54, 1.807) is 11.2 Å². The van der Waals surface area contributed by atoms with Gasteiger partial charge in [0.05, 0.1) is 36.8 Å². The molecule has 5 rings (SSSR count). The van der Waals surface area contributed by atoms with Gasteiger partial charge in [-0.15, -0.1) is 0 Å². The van der Waals surface area contributed by atoms with Crippen LogP contribution >= 0.6 is 0 Å². The summed E-state index contributed by atoms with van der Waals surface area (Å²) >= 11 is 0. The molecule has 36 heavy (non-hydrogen) atoms. The molecule has 0 radical (unpaired) electrons. The number of hydrogen-bond donors (Lipinski definition) is 2. The van der Waals surface area contributed by atoms with Crippen molar-refractivity contribution in [2.24, 2.45) is 0 Å². The number of aliphatic hydroxyl groups excluding tert-OH is 1. The van der Waals surface area contributed by atoms with Crippen LogP contribution in [0.15, 0.2) is 67.0 Å². The Kier molecular flexibility index (Phi) is 7.02. The van der Waals surface area contributed by atoms with Crippen molar-refractivity contribution in [1.29, 1.82) is 0 Å². The average molecular weight is 491 g/mol. The van der Waals surface area contributed by atoms with Crippen LogP contribution in [0.5, 0.6) is 0 Å². The zero-order valence-electron chi connectivity index (χ0n) is 19.9. The number of rotatable bonds is 5. The number of carbonyl (C=O) groups excluding carboxylic acids is 1. The Labute approximate surface area is 209 Å². The van der Waals surface area contributed by atoms with Gasteiger partial charge in [0.25, 0.3) is 5.91 Å². The van der Waals surface area contributed by atoms with Crippen molar-refractivity contribution >= 4 is 12.0 Å². The average Bonchev–Trinajstić information content (AvgIpc) is 3.34. The third-order valence-electron chi connectivity index (χ3n) is 7.02. The summed E-state index contributed by atoms with van der Waals surface area (Å²) in [4.78, 5) is 33.4. The van der Waals surface area contributed by atoms with Gasteiger partial charge in [-0.05, 0) is 18.4 Å². The molecule has 2 amide bonds. The van der Waals surface area contributed by atoms with Crippen LogP contribution in [0.1, 0.15) is 28.5 Å². The van der Waals surface area contributed by atoms with E-state index in [-0.39, 0.29) is 37.6 Å². The molecule has 2 aliphatic heterocycles. The molecule has 2 fully saturated rings. The van der Waals surface area contributed by atoms with Crippen LogP contribution in [0.3, 0.4) is 0 Å². The minimum absolute atomic E-state index is 0.229. The molecule has 3 aromatic rings. The standard InChI is InChI=1S/C27H30N4O5/c32-23-11-14-36-17-22(23)31-18-28-24(25(31)20-9-5-2-6-10-20)26(33)30-13-12-29(27(34)35)16-21(30)15-19-7-3-1-4-8-19/h1-10,18,21-23,32H,11-17H2,(H,34,35)/t21-,22?,23?/m1/s1. The Morgan fingerprint density at radius 1 is 1.03 bits per heavy atom. The largest absolute Gasteiger partial charge is 0.465 e. The van der Waals surface area contributed by atoms with Crippen molar-refractivity contribution in [3.05, 3.63) is 78.2 Å². The number of carbonyl (C=O) groups is 2. The second-order valence-corrected chi connectivity index (χ2v) is 9.28. The maximum Gasteiger partial charge on any atom is 0.407 e. The van der Waals surface area contributed by atoms with Crippen molar-refractivity contribution in [2.75, 3.05) is 32.8 Å². The summed E-state index contributed by atoms with van der Waals surface area (Å²) in [5.41, 5.74) is 2.78. The highest BCUT2D eigenvalue weighted by Gasteiger charge is 2.37. The molecule has 9 nitrogen and oxygen atoms in total. The summed E-state index contributed by atoms with van der Waals surface area (Å²) in [7, 11) is 0. The molecule has 2 aliphatic rings. The first-order valence-corrected chi connectivity index (χ1v) is 12.2. The fourth-order valence-electron chi connectivity index (χ4n) is 5.12. The Hall–Kier alpha value is -3.69. The molecule has 2 N–H and O–H groups in total. The number of piperazine rings is 1. The van der Waals surface area contributed by atoms with Gasteiger partial charge in [-0.1, -0.05) is 60.7 Å². The molecular formula is C27H30N4O5. The number of nitrogens with zero attached hydrogens (tertiary/aromatic N) is 4. The van der Waals surface area contributed by atoms with E-state index >= 15 is 0 Å². The minimum atomic E-state index is -0.985. The van der Waals surface area contributed by atoms with Crippen LogP contribution in [0.25, 0.3) is 11.3 Å². The van der Waals surface area contributed by atoms with Crippen LogP contribution in [0.2, 0.25) is 0 Å². The Balaban J connectivity index is 1.51. The van der Waals surface area contributed by atoms with E-state index in [9.17, 15) is 19.8 Å². The fraction of sp³-hybridized carbons (Fsp3) is 0.370. The van der Waals surface area contributed by atoms with Crippen LogP contribution in [0.4, 0.5) is 4.79 Å². The van der Waals surface area contributed by atoms with E-state index in [1.807, 2.05) is 65.2 Å². The highest BCUT2D eigenvalue weighted by Crippen LogP contribution is 2.32. The summed E-state index contributed by atoms with van der Waals surface area (Å²) in [5.74, 6) is -0.246. The molecule has 2 unspecified atom stereocenters. The molecule has 0 saturated carbocycles. The molecule has 0 aliphatic carbocycles. The number of aliphatic hydroxyl groups is 1. The lowest BCUT2D eigenvalue weighted by Crippen LogP contribution is -2.57. The lowest BCUT2D eigenvalue weighted by atomic mass is 10.0. The predicted octanol–water partition coefficient (Wildman–Crippen LogP) is 2.92. The van der Waals surface area contributed by atoms with Gasteiger partial charge in [0.1, 0.15) is 0 Å². The van der Waals surface area contributed by atoms with Crippen LogP contribution in [0, 0.1) is 0 Å². The van der Waals surface area contributed by atoms with Gasteiger partial charge in [-0.3, -0.25) is 4.79 Å². The van der Waals surface area contributed by atoms with Gasteiger partial charge < -0.3 is 29.3 Å². The smallest absolute Gasteiger partial charge is 0.407 e. The zero-order valence-corrected chi connectivity index (χ0v) is 19.9. The summed E-state index contributed by atoms with van der Waals surface area (Å²) in [6.45, 7) is 1.57. The topological polar surface area (TPSA) is 108 Å². The van der Waals surface area contributed by atoms with Crippen molar-refractivity contribution in [1.82, 2.24) is 19.4 Å². The van der Waals surface area contributed by atoms with Gasteiger partial charge in [0, 0.05) is 31.8 Å². The van der Waals surface area contributed by atoms with Crippen molar-refractivity contribution in [2.45, 2.75) is 31.0 Å². The molecule has 188 valence electrons. The first-order chi connectivity index (χ1) is 17.5. The molecule has 2 aromatic carbocycles. The summed E-state index contributed by atoms with van der Waals surface area (Å²) < 4.78 is 7.49. The lowest BCUT2D eigenvalue weighted by Gasteiger charge is -2.40. The van der Waals surface area contributed by atoms with Gasteiger partial charge in [0.15, 0.2) is 5.69 Å². The third kappa shape index (κ3) is 4.84. The van der Waals surface area contributed by atoms with E-state index in [1.165, 1.54) is 4.90 Å². The number of benzene rings is 2. The molecule has 1 aromatic heterocycles. The molecule has 3 atom stereocenters. The van der Waals surface area contributed by atoms with E-state index in [4.69, 9.17) is 4.74 Å². The number of hydrogen-bond acceptors (Lipinski definition) is 5. The van der Waals surface area contributed by atoms with Gasteiger partial charge in [-0.2, -0.15) is 0 Å². The van der Waals surface area contributed by atoms with Gasteiger partial charge >= 0.3 is 6.09 Å². The van der Waals surface area contributed by atoms with Crippen LogP contribution in [-0.4, -0.2) is 86.6 Å². The third-order valence-corrected chi connectivity index (χ3v) is 7.02. The predicted molar refractivity (Wildman–Crippen MR) is 133 cm³/mol. The Morgan fingerprint density at radius 3 is 2.44 bits per heavy atom. The summed E-state index contributed by atoms with van der Waals surface area (Å²) in [5, 5.41) is 20.3. The second kappa shape index (κ2) is 10.5. The van der Waals surface area contributed by atoms with E-state index in [0.29, 0.717) is 37.4 Å². The van der Waals surface area contributed by atoms with Crippen molar-refractivity contribution in [3.8, 4) is 11.3 Å². The number of aromatic nitrogens is 2. The van der Waals surface area contributed by atoms with Crippen LogP contribution in [-0.2, 0) is 11.2 Å². The quantitative estimate of drug-likeness (QED) is 0.569. The zero-order chi connectivity index (χ0) is 25.1. The normalized spacial score (nSPS) is 22.4. The van der Waals surface area contributed by atoms with Gasteiger partial charge in [0.2, 0.25) is 0 Å². The highest BCUT2D eigenvalue weighted by molar-refractivity contribution is 5.98. The fourth-order valence-corrected chi connectivity index (χ4v) is 5.12. The molecular weight excluding hydrogens is 460 g/mol. The number of imidazole rings is 1. The van der Waals surface area contributed by atoms with Gasteiger partial charge in [-0.25, -0.2) is 9.78 Å². The number of carboxylic acid groups (broad SMARTS) is 1. The highest BCUT2D eigenvalue weighted by atomic mass is 16.5. The van der Waals surface area contributed by atoms with E-state index < -0.39 is 12.2 Å². The number of ether oxygens (including phenoxy) is 1. The monoisotopic (exact) mass is 490 g/mol. The van der Waals surface area contributed by atoms with Crippen molar-refractivity contribution < 1.29 is 24.5 Å². The molecule has 2 saturated heterocycles. The Bertz CT molecular complexity index is 1200. The van der Waals surface area contributed by atoms with Crippen LogP contribution < -0.4 is 0 Å². The maximum atomic E-state index is 14.0. The summed E-state index contributed by atoms with van der Waals surface area (Å²) in [6, 6.07) is 18.6. The lowest BCUT2D eigenvalue weighted by molar-refractivity contribution is -0.0286. The summed E-state index contributed by atoms with van der Waals surface area (Å²) in [6.07, 6.45) is 1.06. The molecule has 0 bridgehead atoms. The molecule has 9 heteroatoms. The van der Waals surface area contributed by atoms with E-state index in [0.717, 1.165) is 11.1 Å². The first-order valence-electron chi connectivity index (χ1n) is 12.2. The van der Waals surface area contributed by atoms with Crippen molar-refractivity contribution in [3.63, 3.8) is 0 Å². The minimum Gasteiger partial charge on any atom is -0.465 e. The Morgan fingerprint density at radius 2 is 1.75 bits per heavy atom.